The van der Waals surface area contributed by atoms with E-state index >= 15 is 0 Å². The zero-order valence-corrected chi connectivity index (χ0v) is 15.8. The molecule has 0 radical (unpaired) electrons. The van der Waals surface area contributed by atoms with Crippen LogP contribution < -0.4 is 5.32 Å². The fraction of sp³-hybridized carbons (Fsp3) is 0.391. The van der Waals surface area contributed by atoms with Crippen molar-refractivity contribution in [3.63, 3.8) is 0 Å². The number of amides is 2. The van der Waals surface area contributed by atoms with Gasteiger partial charge in [0.1, 0.15) is 0 Å². The second-order valence-corrected chi connectivity index (χ2v) is 8.07. The summed E-state index contributed by atoms with van der Waals surface area (Å²) >= 11 is 0. The highest BCUT2D eigenvalue weighted by molar-refractivity contribution is 5.96. The molecule has 2 amide bonds. The van der Waals surface area contributed by atoms with Gasteiger partial charge in [0.2, 0.25) is 5.91 Å². The molecular formula is C23H24N2O3. The van der Waals surface area contributed by atoms with Crippen molar-refractivity contribution in [2.45, 2.75) is 37.9 Å². The van der Waals surface area contributed by atoms with Crippen LogP contribution >= 0.6 is 0 Å². The number of carbonyl (C=O) groups is 2. The quantitative estimate of drug-likeness (QED) is 0.889. The number of likely N-dealkylation sites (tertiary alicyclic amines) is 1. The number of piperidine rings is 1. The second kappa shape index (κ2) is 6.74. The first-order chi connectivity index (χ1) is 13.6. The Morgan fingerprint density at radius 2 is 1.71 bits per heavy atom. The van der Waals surface area contributed by atoms with E-state index in [1.165, 1.54) is 11.1 Å². The van der Waals surface area contributed by atoms with Crippen molar-refractivity contribution in [3.05, 3.63) is 65.2 Å². The number of hydrogen-bond donors (Lipinski definition) is 1. The fourth-order valence-corrected chi connectivity index (χ4v) is 4.34. The molecule has 2 heterocycles. The van der Waals surface area contributed by atoms with Crippen molar-refractivity contribution >= 4 is 17.5 Å². The van der Waals surface area contributed by atoms with Gasteiger partial charge < -0.3 is 15.0 Å². The molecule has 2 aromatic rings. The van der Waals surface area contributed by atoms with E-state index in [0.717, 1.165) is 31.4 Å². The molecule has 1 N–H and O–H groups in total. The van der Waals surface area contributed by atoms with Crippen LogP contribution in [0.1, 0.15) is 47.2 Å². The van der Waals surface area contributed by atoms with E-state index in [1.54, 1.807) is 12.1 Å². The van der Waals surface area contributed by atoms with Crippen LogP contribution in [0.25, 0.3) is 0 Å². The van der Waals surface area contributed by atoms with Gasteiger partial charge in [0, 0.05) is 30.3 Å². The van der Waals surface area contributed by atoms with Gasteiger partial charge in [-0.25, -0.2) is 0 Å². The Morgan fingerprint density at radius 1 is 1.00 bits per heavy atom. The Kier molecular flexibility index (Phi) is 4.20. The summed E-state index contributed by atoms with van der Waals surface area (Å²) in [6.07, 6.45) is 3.61. The topological polar surface area (TPSA) is 58.6 Å². The lowest BCUT2D eigenvalue weighted by Crippen LogP contribution is -2.45. The summed E-state index contributed by atoms with van der Waals surface area (Å²) in [5.74, 6) is 0.295. The second-order valence-electron chi connectivity index (χ2n) is 8.07. The molecule has 3 aliphatic rings. The van der Waals surface area contributed by atoms with Crippen LogP contribution in [0.15, 0.2) is 48.5 Å². The smallest absolute Gasteiger partial charge is 0.253 e. The Labute approximate surface area is 164 Å². The highest BCUT2D eigenvalue weighted by atomic mass is 16.5. The number of nitrogens with one attached hydrogen (secondary N) is 1. The summed E-state index contributed by atoms with van der Waals surface area (Å²) in [7, 11) is 0. The maximum absolute atomic E-state index is 12.9. The Balaban J connectivity index is 1.23. The van der Waals surface area contributed by atoms with Crippen LogP contribution in [0.5, 0.6) is 0 Å². The molecule has 1 aliphatic carbocycles. The van der Waals surface area contributed by atoms with Gasteiger partial charge in [-0.3, -0.25) is 9.59 Å². The van der Waals surface area contributed by atoms with E-state index in [2.05, 4.69) is 29.6 Å². The predicted octanol–water partition coefficient (Wildman–Crippen LogP) is 3.70. The van der Waals surface area contributed by atoms with Crippen LogP contribution in [0.3, 0.4) is 0 Å². The van der Waals surface area contributed by atoms with Gasteiger partial charge in [0.25, 0.3) is 5.91 Å². The molecule has 5 heteroatoms. The van der Waals surface area contributed by atoms with E-state index in [9.17, 15) is 9.59 Å². The average molecular weight is 376 g/mol. The van der Waals surface area contributed by atoms with Gasteiger partial charge in [-0.05, 0) is 61.1 Å². The fourth-order valence-electron chi connectivity index (χ4n) is 4.34. The minimum absolute atomic E-state index is 0.0428. The molecule has 1 saturated carbocycles. The number of anilines is 1. The minimum atomic E-state index is -0.232. The van der Waals surface area contributed by atoms with Gasteiger partial charge in [0.05, 0.1) is 12.2 Å². The van der Waals surface area contributed by atoms with Crippen molar-refractivity contribution < 1.29 is 14.3 Å². The van der Waals surface area contributed by atoms with Crippen LogP contribution in [0.4, 0.5) is 5.69 Å². The summed E-state index contributed by atoms with van der Waals surface area (Å²) < 4.78 is 6.18. The zero-order valence-electron chi connectivity index (χ0n) is 15.8. The number of rotatable bonds is 3. The molecule has 0 atom stereocenters. The van der Waals surface area contributed by atoms with Crippen molar-refractivity contribution in [1.29, 1.82) is 0 Å². The molecule has 144 valence electrons. The molecule has 0 bridgehead atoms. The van der Waals surface area contributed by atoms with Crippen molar-refractivity contribution in [2.24, 2.45) is 5.92 Å². The molecule has 1 spiro atoms. The Hall–Kier alpha value is -2.66. The first-order valence-corrected chi connectivity index (χ1v) is 10.1. The van der Waals surface area contributed by atoms with Crippen molar-refractivity contribution in [2.75, 3.05) is 18.4 Å². The number of hydrogen-bond acceptors (Lipinski definition) is 3. The number of nitrogens with zero attached hydrogens (tertiary/aromatic N) is 1. The van der Waals surface area contributed by atoms with Gasteiger partial charge in [-0.1, -0.05) is 24.3 Å². The third-order valence-corrected chi connectivity index (χ3v) is 6.22. The van der Waals surface area contributed by atoms with E-state index < -0.39 is 0 Å². The van der Waals surface area contributed by atoms with Crippen LogP contribution in [0.2, 0.25) is 0 Å². The lowest BCUT2D eigenvalue weighted by atomic mass is 9.83. The number of carbonyl (C=O) groups excluding carboxylic acids is 2. The molecule has 28 heavy (non-hydrogen) atoms. The SMILES string of the molecule is O=C(Nc1ccc(C(=O)N2CCC3(CC2)OCc2ccccc23)cc1)C1CC1. The van der Waals surface area contributed by atoms with Crippen molar-refractivity contribution in [3.8, 4) is 0 Å². The Bertz CT molecular complexity index is 910. The zero-order chi connectivity index (χ0) is 19.1. The lowest BCUT2D eigenvalue weighted by Gasteiger charge is -2.39. The highest BCUT2D eigenvalue weighted by Gasteiger charge is 2.43. The maximum atomic E-state index is 12.9. The first kappa shape index (κ1) is 17.4. The standard InChI is InChI=1S/C23H24N2O3/c26-21(16-5-6-16)24-19-9-7-17(8-10-19)22(27)25-13-11-23(12-14-25)20-4-2-1-3-18(20)15-28-23/h1-4,7-10,16H,5-6,11-15H2,(H,24,26). The molecule has 5 rings (SSSR count). The normalized spacial score (nSPS) is 20.1. The van der Waals surface area contributed by atoms with Gasteiger partial charge in [-0.15, -0.1) is 0 Å². The summed E-state index contributed by atoms with van der Waals surface area (Å²) in [5.41, 5.74) is 3.74. The van der Waals surface area contributed by atoms with Crippen LogP contribution in [-0.4, -0.2) is 29.8 Å². The molecule has 2 aliphatic heterocycles. The maximum Gasteiger partial charge on any atom is 0.253 e. The molecule has 0 unspecified atom stereocenters. The minimum Gasteiger partial charge on any atom is -0.365 e. The number of ether oxygens (including phenoxy) is 1. The molecule has 2 aromatic carbocycles. The largest absolute Gasteiger partial charge is 0.365 e. The number of benzene rings is 2. The van der Waals surface area contributed by atoms with E-state index in [-0.39, 0.29) is 23.3 Å². The van der Waals surface area contributed by atoms with Gasteiger partial charge in [0.15, 0.2) is 0 Å². The lowest BCUT2D eigenvalue weighted by molar-refractivity contribution is -0.117. The Morgan fingerprint density at radius 3 is 2.43 bits per heavy atom. The third kappa shape index (κ3) is 3.10. The highest BCUT2D eigenvalue weighted by Crippen LogP contribution is 2.44. The molecule has 0 aromatic heterocycles. The molecule has 1 saturated heterocycles. The molecular weight excluding hydrogens is 352 g/mol. The summed E-state index contributed by atoms with van der Waals surface area (Å²) in [5, 5.41) is 2.91. The number of fused-ring (bicyclic) bond motifs is 2. The monoisotopic (exact) mass is 376 g/mol. The third-order valence-electron chi connectivity index (χ3n) is 6.22. The summed E-state index contributed by atoms with van der Waals surface area (Å²) in [4.78, 5) is 26.7. The van der Waals surface area contributed by atoms with Crippen LogP contribution in [0, 0.1) is 5.92 Å². The van der Waals surface area contributed by atoms with E-state index in [0.29, 0.717) is 25.3 Å². The van der Waals surface area contributed by atoms with Crippen molar-refractivity contribution in [1.82, 2.24) is 4.90 Å². The molecule has 2 fully saturated rings. The predicted molar refractivity (Wildman–Crippen MR) is 106 cm³/mol. The summed E-state index contributed by atoms with van der Waals surface area (Å²) in [6.45, 7) is 2.04. The van der Waals surface area contributed by atoms with E-state index in [1.807, 2.05) is 17.0 Å². The first-order valence-electron chi connectivity index (χ1n) is 10.1. The van der Waals surface area contributed by atoms with Crippen LogP contribution in [-0.2, 0) is 21.7 Å². The van der Waals surface area contributed by atoms with E-state index in [4.69, 9.17) is 4.74 Å². The van der Waals surface area contributed by atoms with Gasteiger partial charge >= 0.3 is 0 Å². The van der Waals surface area contributed by atoms with Gasteiger partial charge in [-0.2, -0.15) is 0 Å². The average Bonchev–Trinajstić information content (AvgIpc) is 3.54. The molecule has 5 nitrogen and oxygen atoms in total. The summed E-state index contributed by atoms with van der Waals surface area (Å²) in [6, 6.07) is 15.6.